The van der Waals surface area contributed by atoms with Crippen molar-refractivity contribution in [1.29, 1.82) is 0 Å². The Balaban J connectivity index is 2.53. The molecule has 0 N–H and O–H groups in total. The number of rotatable bonds is 4. The molecule has 1 aromatic rings. The molecule has 0 aliphatic carbocycles. The van der Waals surface area contributed by atoms with Crippen molar-refractivity contribution in [3.63, 3.8) is 0 Å². The van der Waals surface area contributed by atoms with Crippen LogP contribution in [0.1, 0.15) is 11.5 Å². The van der Waals surface area contributed by atoms with E-state index in [0.29, 0.717) is 24.4 Å². The summed E-state index contributed by atoms with van der Waals surface area (Å²) in [6, 6.07) is 3.50. The van der Waals surface area contributed by atoms with E-state index in [1.807, 2.05) is 0 Å². The van der Waals surface area contributed by atoms with Gasteiger partial charge in [-0.25, -0.2) is 0 Å². The number of ether oxygens (including phenoxy) is 1. The molecule has 0 amide bonds. The first-order valence-corrected chi connectivity index (χ1v) is 3.43. The Morgan fingerprint density at radius 1 is 1.58 bits per heavy atom. The minimum atomic E-state index is 0.161. The molecule has 0 aromatic carbocycles. The summed E-state index contributed by atoms with van der Waals surface area (Å²) < 4.78 is 9.68. The number of furan rings is 1. The average Bonchev–Trinajstić information content (AvgIpc) is 2.50. The molecule has 0 aliphatic heterocycles. The lowest BCUT2D eigenvalue weighted by atomic mass is 10.3. The van der Waals surface area contributed by atoms with Gasteiger partial charge in [0.2, 0.25) is 0 Å². The monoisotopic (exact) mass is 164 g/mol. The summed E-state index contributed by atoms with van der Waals surface area (Å²) in [5.41, 5.74) is 0. The normalized spacial score (nSPS) is 8.92. The second-order valence-corrected chi connectivity index (χ2v) is 2.16. The Hall–Kier alpha value is -1.69. The van der Waals surface area contributed by atoms with Gasteiger partial charge in [-0.15, -0.1) is 6.42 Å². The Morgan fingerprint density at radius 2 is 2.33 bits per heavy atom. The molecule has 1 heterocycles. The van der Waals surface area contributed by atoms with E-state index in [4.69, 9.17) is 10.8 Å². The smallest absolute Gasteiger partial charge is 0.293 e. The Labute approximate surface area is 70.3 Å². The van der Waals surface area contributed by atoms with Crippen LogP contribution in [0.15, 0.2) is 16.5 Å². The summed E-state index contributed by atoms with van der Waals surface area (Å²) in [4.78, 5) is 9.81. The van der Waals surface area contributed by atoms with Crippen LogP contribution in [0.25, 0.3) is 0 Å². The zero-order chi connectivity index (χ0) is 8.81. The van der Waals surface area contributed by atoms with Gasteiger partial charge in [0.25, 0.3) is 6.47 Å². The molecule has 62 valence electrons. The second-order valence-electron chi connectivity index (χ2n) is 2.16. The molecule has 0 spiro atoms. The van der Waals surface area contributed by atoms with E-state index in [9.17, 15) is 4.79 Å². The van der Waals surface area contributed by atoms with E-state index in [-0.39, 0.29) is 6.61 Å². The first-order valence-electron chi connectivity index (χ1n) is 3.43. The van der Waals surface area contributed by atoms with E-state index in [1.165, 1.54) is 0 Å². The van der Waals surface area contributed by atoms with Crippen molar-refractivity contribution in [3.8, 4) is 12.3 Å². The van der Waals surface area contributed by atoms with Gasteiger partial charge in [0, 0.05) is 0 Å². The largest absolute Gasteiger partial charge is 0.461 e. The van der Waals surface area contributed by atoms with Crippen LogP contribution < -0.4 is 0 Å². The molecule has 12 heavy (non-hydrogen) atoms. The SMILES string of the molecule is C#CCc1ccc(COC=O)o1. The first-order chi connectivity index (χ1) is 5.86. The molecule has 3 heteroatoms. The van der Waals surface area contributed by atoms with Gasteiger partial charge < -0.3 is 9.15 Å². The molecule has 0 fully saturated rings. The number of terminal acetylenes is 1. The highest BCUT2D eigenvalue weighted by molar-refractivity contribution is 5.37. The van der Waals surface area contributed by atoms with Gasteiger partial charge in [0.15, 0.2) is 0 Å². The maximum absolute atomic E-state index is 9.81. The number of carbonyl (C=O) groups is 1. The lowest BCUT2D eigenvalue weighted by Gasteiger charge is -1.92. The van der Waals surface area contributed by atoms with E-state index >= 15 is 0 Å². The van der Waals surface area contributed by atoms with Crippen molar-refractivity contribution in [2.24, 2.45) is 0 Å². The number of hydrogen-bond acceptors (Lipinski definition) is 3. The van der Waals surface area contributed by atoms with Crippen molar-refractivity contribution >= 4 is 6.47 Å². The van der Waals surface area contributed by atoms with Crippen LogP contribution in [-0.4, -0.2) is 6.47 Å². The van der Waals surface area contributed by atoms with Crippen molar-refractivity contribution in [2.75, 3.05) is 0 Å². The van der Waals surface area contributed by atoms with Crippen molar-refractivity contribution in [1.82, 2.24) is 0 Å². The molecule has 0 unspecified atom stereocenters. The van der Waals surface area contributed by atoms with E-state index < -0.39 is 0 Å². The van der Waals surface area contributed by atoms with Gasteiger partial charge in [-0.05, 0) is 12.1 Å². The minimum Gasteiger partial charge on any atom is -0.461 e. The number of carbonyl (C=O) groups excluding carboxylic acids is 1. The highest BCUT2D eigenvalue weighted by Crippen LogP contribution is 2.08. The van der Waals surface area contributed by atoms with Crippen LogP contribution in [0.5, 0.6) is 0 Å². The standard InChI is InChI=1S/C9H8O3/c1-2-3-8-4-5-9(12-8)6-11-7-10/h1,4-5,7H,3,6H2. The predicted octanol–water partition coefficient (Wildman–Crippen LogP) is 1.13. The van der Waals surface area contributed by atoms with Crippen molar-refractivity contribution < 1.29 is 13.9 Å². The molecule has 0 radical (unpaired) electrons. The summed E-state index contributed by atoms with van der Waals surface area (Å²) >= 11 is 0. The fourth-order valence-electron chi connectivity index (χ4n) is 0.812. The summed E-state index contributed by atoms with van der Waals surface area (Å²) in [6.07, 6.45) is 5.53. The Bertz CT molecular complexity index is 293. The van der Waals surface area contributed by atoms with Crippen LogP contribution in [-0.2, 0) is 22.6 Å². The van der Waals surface area contributed by atoms with E-state index in [1.54, 1.807) is 12.1 Å². The molecule has 0 atom stereocenters. The van der Waals surface area contributed by atoms with Gasteiger partial charge in [0.05, 0.1) is 6.42 Å². The topological polar surface area (TPSA) is 39.4 Å². The van der Waals surface area contributed by atoms with Crippen molar-refractivity contribution in [3.05, 3.63) is 23.7 Å². The molecular formula is C9H8O3. The van der Waals surface area contributed by atoms with Gasteiger partial charge >= 0.3 is 0 Å². The second kappa shape index (κ2) is 4.24. The third-order valence-electron chi connectivity index (χ3n) is 1.29. The van der Waals surface area contributed by atoms with Crippen LogP contribution in [0.3, 0.4) is 0 Å². The third-order valence-corrected chi connectivity index (χ3v) is 1.29. The maximum Gasteiger partial charge on any atom is 0.293 e. The first kappa shape index (κ1) is 8.41. The highest BCUT2D eigenvalue weighted by Gasteiger charge is 1.99. The fraction of sp³-hybridized carbons (Fsp3) is 0.222. The van der Waals surface area contributed by atoms with Gasteiger partial charge in [-0.3, -0.25) is 4.79 Å². The third kappa shape index (κ3) is 2.17. The zero-order valence-corrected chi connectivity index (χ0v) is 6.45. The van der Waals surface area contributed by atoms with Crippen LogP contribution in [0, 0.1) is 12.3 Å². The number of hydrogen-bond donors (Lipinski definition) is 0. The Morgan fingerprint density at radius 3 is 3.00 bits per heavy atom. The summed E-state index contributed by atoms with van der Waals surface area (Å²) in [5.74, 6) is 3.76. The lowest BCUT2D eigenvalue weighted by Crippen LogP contribution is -1.86. The van der Waals surface area contributed by atoms with Crippen LogP contribution >= 0.6 is 0 Å². The molecule has 0 aliphatic rings. The lowest BCUT2D eigenvalue weighted by molar-refractivity contribution is -0.130. The van der Waals surface area contributed by atoms with Gasteiger partial charge in [-0.2, -0.15) is 0 Å². The summed E-state index contributed by atoms with van der Waals surface area (Å²) in [5, 5.41) is 0. The highest BCUT2D eigenvalue weighted by atomic mass is 16.5. The zero-order valence-electron chi connectivity index (χ0n) is 6.45. The molecule has 0 saturated carbocycles. The molecule has 3 nitrogen and oxygen atoms in total. The molecule has 0 bridgehead atoms. The van der Waals surface area contributed by atoms with E-state index in [2.05, 4.69) is 10.7 Å². The Kier molecular flexibility index (Phi) is 2.97. The molecule has 1 aromatic heterocycles. The van der Waals surface area contributed by atoms with E-state index in [0.717, 1.165) is 0 Å². The van der Waals surface area contributed by atoms with Crippen LogP contribution in [0.4, 0.5) is 0 Å². The molecule has 0 saturated heterocycles. The van der Waals surface area contributed by atoms with Gasteiger partial charge in [0.1, 0.15) is 18.1 Å². The quantitative estimate of drug-likeness (QED) is 0.494. The summed E-state index contributed by atoms with van der Waals surface area (Å²) in [6.45, 7) is 0.539. The average molecular weight is 164 g/mol. The van der Waals surface area contributed by atoms with Gasteiger partial charge in [-0.1, -0.05) is 5.92 Å². The van der Waals surface area contributed by atoms with Crippen molar-refractivity contribution in [2.45, 2.75) is 13.0 Å². The maximum atomic E-state index is 9.81. The fourth-order valence-corrected chi connectivity index (χ4v) is 0.812. The summed E-state index contributed by atoms with van der Waals surface area (Å²) in [7, 11) is 0. The van der Waals surface area contributed by atoms with Crippen LogP contribution in [0.2, 0.25) is 0 Å². The molecule has 1 rings (SSSR count). The minimum absolute atomic E-state index is 0.161. The molecular weight excluding hydrogens is 156 g/mol. The predicted molar refractivity (Wildman–Crippen MR) is 42.1 cm³/mol.